The van der Waals surface area contributed by atoms with Gasteiger partial charge in [0.15, 0.2) is 0 Å². The van der Waals surface area contributed by atoms with Crippen LogP contribution in [-0.4, -0.2) is 48.0 Å². The van der Waals surface area contributed by atoms with E-state index >= 15 is 0 Å². The van der Waals surface area contributed by atoms with Gasteiger partial charge < -0.3 is 20.1 Å². The van der Waals surface area contributed by atoms with Gasteiger partial charge in [-0.15, -0.1) is 0 Å². The molecule has 152 valence electrons. The van der Waals surface area contributed by atoms with E-state index in [1.54, 1.807) is 36.3 Å². The molecule has 1 heterocycles. The molecule has 2 amide bonds. The first kappa shape index (κ1) is 20.4. The normalized spacial score (nSPS) is 14.3. The molecule has 2 aromatic rings. The van der Waals surface area contributed by atoms with Gasteiger partial charge in [-0.05, 0) is 42.7 Å². The van der Waals surface area contributed by atoms with E-state index < -0.39 is 5.97 Å². The zero-order valence-electron chi connectivity index (χ0n) is 16.3. The summed E-state index contributed by atoms with van der Waals surface area (Å²) in [6.07, 6.45) is 1.42. The van der Waals surface area contributed by atoms with Crippen molar-refractivity contribution in [2.24, 2.45) is 5.92 Å². The first-order chi connectivity index (χ1) is 14.0. The number of piperidine rings is 1. The van der Waals surface area contributed by atoms with Crippen LogP contribution >= 0.6 is 0 Å². The Morgan fingerprint density at radius 3 is 2.34 bits per heavy atom. The second-order valence-electron chi connectivity index (χ2n) is 7.02. The molecule has 0 radical (unpaired) electrons. The van der Waals surface area contributed by atoms with Crippen LogP contribution in [0.5, 0.6) is 5.75 Å². The van der Waals surface area contributed by atoms with Gasteiger partial charge in [0, 0.05) is 19.0 Å². The van der Waals surface area contributed by atoms with Gasteiger partial charge >= 0.3 is 5.97 Å². The van der Waals surface area contributed by atoms with E-state index in [2.05, 4.69) is 5.32 Å². The molecule has 0 atom stereocenters. The van der Waals surface area contributed by atoms with Crippen molar-refractivity contribution in [3.63, 3.8) is 0 Å². The number of carbonyl (C=O) groups is 3. The Morgan fingerprint density at radius 1 is 1.07 bits per heavy atom. The van der Waals surface area contributed by atoms with Crippen molar-refractivity contribution in [3.8, 4) is 5.75 Å². The van der Waals surface area contributed by atoms with Crippen LogP contribution in [0, 0.1) is 5.92 Å². The van der Waals surface area contributed by atoms with Gasteiger partial charge in [0.2, 0.25) is 11.8 Å². The maximum absolute atomic E-state index is 12.6. The molecule has 7 heteroatoms. The summed E-state index contributed by atoms with van der Waals surface area (Å²) in [7, 11) is 1.56. The number of carbonyl (C=O) groups excluding carboxylic acids is 2. The minimum atomic E-state index is -0.989. The summed E-state index contributed by atoms with van der Waals surface area (Å²) in [5, 5.41) is 11.9. The number of nitrogens with one attached hydrogen (secondary N) is 1. The molecule has 0 bridgehead atoms. The van der Waals surface area contributed by atoms with Crippen molar-refractivity contribution in [1.29, 1.82) is 0 Å². The molecule has 0 aliphatic carbocycles. The van der Waals surface area contributed by atoms with E-state index in [1.165, 1.54) is 12.1 Å². The number of benzene rings is 2. The SMILES string of the molecule is COc1ccccc1NC(=O)C1CCN(C(=O)Cc2ccc(C(=O)O)cc2)CC1. The van der Waals surface area contributed by atoms with Gasteiger partial charge in [-0.25, -0.2) is 4.79 Å². The molecular weight excluding hydrogens is 372 g/mol. The van der Waals surface area contributed by atoms with E-state index in [-0.39, 0.29) is 29.7 Å². The van der Waals surface area contributed by atoms with Crippen LogP contribution in [-0.2, 0) is 16.0 Å². The Labute approximate surface area is 169 Å². The Balaban J connectivity index is 1.51. The van der Waals surface area contributed by atoms with Crippen LogP contribution in [0.15, 0.2) is 48.5 Å². The third-order valence-electron chi connectivity index (χ3n) is 5.14. The number of rotatable bonds is 6. The first-order valence-electron chi connectivity index (χ1n) is 9.52. The number of anilines is 1. The molecule has 1 saturated heterocycles. The standard InChI is InChI=1S/C22H24N2O5/c1-29-19-5-3-2-4-18(19)23-21(26)16-10-12-24(13-11-16)20(25)14-15-6-8-17(9-7-15)22(27)28/h2-9,16H,10-14H2,1H3,(H,23,26)(H,27,28). The quantitative estimate of drug-likeness (QED) is 0.783. The topological polar surface area (TPSA) is 95.9 Å². The van der Waals surface area contributed by atoms with Crippen molar-refractivity contribution in [1.82, 2.24) is 4.90 Å². The van der Waals surface area contributed by atoms with Crippen LogP contribution in [0.1, 0.15) is 28.8 Å². The molecule has 1 fully saturated rings. The predicted octanol–water partition coefficient (Wildman–Crippen LogP) is 2.81. The van der Waals surface area contributed by atoms with Gasteiger partial charge in [0.1, 0.15) is 5.75 Å². The lowest BCUT2D eigenvalue weighted by molar-refractivity contribution is -0.133. The largest absolute Gasteiger partial charge is 0.495 e. The Hall–Kier alpha value is -3.35. The number of hydrogen-bond donors (Lipinski definition) is 2. The second-order valence-corrected chi connectivity index (χ2v) is 7.02. The highest BCUT2D eigenvalue weighted by atomic mass is 16.5. The van der Waals surface area contributed by atoms with Crippen LogP contribution in [0.2, 0.25) is 0 Å². The lowest BCUT2D eigenvalue weighted by Gasteiger charge is -2.31. The van der Waals surface area contributed by atoms with Gasteiger partial charge in [0.05, 0.1) is 24.8 Å². The van der Waals surface area contributed by atoms with Crippen LogP contribution < -0.4 is 10.1 Å². The van der Waals surface area contributed by atoms with Crippen LogP contribution in [0.3, 0.4) is 0 Å². The molecule has 2 N–H and O–H groups in total. The molecule has 7 nitrogen and oxygen atoms in total. The summed E-state index contributed by atoms with van der Waals surface area (Å²) in [5.41, 5.74) is 1.61. The Kier molecular flexibility index (Phi) is 6.49. The number of likely N-dealkylation sites (tertiary alicyclic amines) is 1. The molecule has 29 heavy (non-hydrogen) atoms. The van der Waals surface area contributed by atoms with Gasteiger partial charge in [-0.1, -0.05) is 24.3 Å². The molecule has 1 aliphatic heterocycles. The third-order valence-corrected chi connectivity index (χ3v) is 5.14. The van der Waals surface area contributed by atoms with Gasteiger partial charge in [-0.2, -0.15) is 0 Å². The predicted molar refractivity (Wildman–Crippen MR) is 108 cm³/mol. The number of carboxylic acids is 1. The summed E-state index contributed by atoms with van der Waals surface area (Å²) in [5.74, 6) is -0.611. The highest BCUT2D eigenvalue weighted by molar-refractivity contribution is 5.94. The number of ether oxygens (including phenoxy) is 1. The summed E-state index contributed by atoms with van der Waals surface area (Å²) < 4.78 is 5.26. The molecule has 0 saturated carbocycles. The minimum Gasteiger partial charge on any atom is -0.495 e. The highest BCUT2D eigenvalue weighted by Crippen LogP contribution is 2.26. The van der Waals surface area contributed by atoms with Gasteiger partial charge in [-0.3, -0.25) is 9.59 Å². The van der Waals surface area contributed by atoms with E-state index in [1.807, 2.05) is 12.1 Å². The average molecular weight is 396 g/mol. The smallest absolute Gasteiger partial charge is 0.335 e. The van der Waals surface area contributed by atoms with E-state index in [9.17, 15) is 14.4 Å². The summed E-state index contributed by atoms with van der Waals surface area (Å²) in [6, 6.07) is 13.6. The van der Waals surface area contributed by atoms with Crippen molar-refractivity contribution in [3.05, 3.63) is 59.7 Å². The number of amides is 2. The number of methoxy groups -OCH3 is 1. The molecule has 1 aliphatic rings. The highest BCUT2D eigenvalue weighted by Gasteiger charge is 2.27. The molecular formula is C22H24N2O5. The zero-order chi connectivity index (χ0) is 20.8. The monoisotopic (exact) mass is 396 g/mol. The lowest BCUT2D eigenvalue weighted by Crippen LogP contribution is -2.42. The van der Waals surface area contributed by atoms with E-state index in [0.29, 0.717) is 37.4 Å². The minimum absolute atomic E-state index is 0.0170. The summed E-state index contributed by atoms with van der Waals surface area (Å²) in [6.45, 7) is 1.05. The van der Waals surface area contributed by atoms with E-state index in [0.717, 1.165) is 5.56 Å². The first-order valence-corrected chi connectivity index (χ1v) is 9.52. The number of aromatic carboxylic acids is 1. The number of carboxylic acid groups (broad SMARTS) is 1. The summed E-state index contributed by atoms with van der Waals surface area (Å²) >= 11 is 0. The van der Waals surface area contributed by atoms with Crippen molar-refractivity contribution in [2.75, 3.05) is 25.5 Å². The van der Waals surface area contributed by atoms with Crippen molar-refractivity contribution >= 4 is 23.5 Å². The zero-order valence-corrected chi connectivity index (χ0v) is 16.3. The second kappa shape index (κ2) is 9.23. The average Bonchev–Trinajstić information content (AvgIpc) is 2.74. The van der Waals surface area contributed by atoms with Gasteiger partial charge in [0.25, 0.3) is 0 Å². The van der Waals surface area contributed by atoms with Crippen LogP contribution in [0.4, 0.5) is 5.69 Å². The molecule has 2 aromatic carbocycles. The van der Waals surface area contributed by atoms with Crippen molar-refractivity contribution < 1.29 is 24.2 Å². The number of para-hydroxylation sites is 2. The Bertz CT molecular complexity index is 886. The fourth-order valence-electron chi connectivity index (χ4n) is 3.43. The van der Waals surface area contributed by atoms with Crippen molar-refractivity contribution in [2.45, 2.75) is 19.3 Å². The number of nitrogens with zero attached hydrogens (tertiary/aromatic N) is 1. The van der Waals surface area contributed by atoms with E-state index in [4.69, 9.17) is 9.84 Å². The fraction of sp³-hybridized carbons (Fsp3) is 0.318. The summed E-state index contributed by atoms with van der Waals surface area (Å²) in [4.78, 5) is 37.8. The Morgan fingerprint density at radius 2 is 1.72 bits per heavy atom. The lowest BCUT2D eigenvalue weighted by atomic mass is 9.95. The van der Waals surface area contributed by atoms with Crippen LogP contribution in [0.25, 0.3) is 0 Å². The molecule has 3 rings (SSSR count). The molecule has 0 spiro atoms. The maximum Gasteiger partial charge on any atom is 0.335 e. The fourth-order valence-corrected chi connectivity index (χ4v) is 3.43. The number of hydrogen-bond acceptors (Lipinski definition) is 4. The molecule has 0 aromatic heterocycles. The third kappa shape index (κ3) is 5.13. The maximum atomic E-state index is 12.6. The molecule has 0 unspecified atom stereocenters.